The fraction of sp³-hybridized carbons (Fsp3) is 0.514. The van der Waals surface area contributed by atoms with Crippen LogP contribution in [0.3, 0.4) is 0 Å². The monoisotopic (exact) mass is 588 g/mol. The minimum absolute atomic E-state index is 0.0682. The second kappa shape index (κ2) is 16.9. The summed E-state index contributed by atoms with van der Waals surface area (Å²) in [6.45, 7) is 11.1. The van der Waals surface area contributed by atoms with E-state index in [1.54, 1.807) is 0 Å². The van der Waals surface area contributed by atoms with E-state index >= 15 is 0 Å². The molecule has 43 heavy (non-hydrogen) atoms. The Kier molecular flexibility index (Phi) is 13.3. The normalized spacial score (nSPS) is 18.1. The van der Waals surface area contributed by atoms with Crippen molar-refractivity contribution in [2.75, 3.05) is 13.7 Å². The summed E-state index contributed by atoms with van der Waals surface area (Å²) < 4.78 is 17.0. The molecule has 0 amide bonds. The van der Waals surface area contributed by atoms with Crippen molar-refractivity contribution in [1.82, 2.24) is 0 Å². The van der Waals surface area contributed by atoms with Crippen molar-refractivity contribution in [3.8, 4) is 17.6 Å². The molecule has 2 aromatic rings. The number of fused-ring (bicyclic) bond motifs is 1. The summed E-state index contributed by atoms with van der Waals surface area (Å²) in [5.74, 6) is 8.55. The van der Waals surface area contributed by atoms with Gasteiger partial charge in [0.25, 0.3) is 0 Å². The Balaban J connectivity index is 0.00000248. The van der Waals surface area contributed by atoms with E-state index in [0.29, 0.717) is 36.2 Å². The van der Waals surface area contributed by atoms with Crippen molar-refractivity contribution in [3.05, 3.63) is 76.4 Å². The topological polar surface area (TPSA) is 82.1 Å². The van der Waals surface area contributed by atoms with Gasteiger partial charge in [-0.1, -0.05) is 63.3 Å². The number of esters is 2. The summed E-state index contributed by atoms with van der Waals surface area (Å²) in [4.78, 5) is 24.8. The van der Waals surface area contributed by atoms with E-state index in [1.807, 2.05) is 30.3 Å². The van der Waals surface area contributed by atoms with Crippen molar-refractivity contribution in [2.45, 2.75) is 91.8 Å². The van der Waals surface area contributed by atoms with Crippen molar-refractivity contribution in [1.29, 1.82) is 0 Å². The fourth-order valence-corrected chi connectivity index (χ4v) is 5.67. The molecule has 232 valence electrons. The van der Waals surface area contributed by atoms with Crippen LogP contribution in [0, 0.1) is 36.5 Å². The van der Waals surface area contributed by atoms with Gasteiger partial charge < -0.3 is 19.3 Å². The lowest BCUT2D eigenvalue weighted by Crippen LogP contribution is -2.20. The van der Waals surface area contributed by atoms with Crippen LogP contribution >= 0.6 is 0 Å². The van der Waals surface area contributed by atoms with Gasteiger partial charge in [-0.3, -0.25) is 4.79 Å². The number of rotatable bonds is 11. The Morgan fingerprint density at radius 3 is 2.28 bits per heavy atom. The van der Waals surface area contributed by atoms with Gasteiger partial charge in [0, 0.05) is 43.1 Å². The van der Waals surface area contributed by atoms with E-state index in [-0.39, 0.29) is 31.1 Å². The third-order valence-corrected chi connectivity index (χ3v) is 7.60. The van der Waals surface area contributed by atoms with Gasteiger partial charge in [0.1, 0.15) is 24.6 Å². The zero-order valence-electron chi connectivity index (χ0n) is 26.7. The highest BCUT2D eigenvalue weighted by molar-refractivity contribution is 5.90. The number of ether oxygens (including phenoxy) is 3. The molecule has 2 unspecified atom stereocenters. The van der Waals surface area contributed by atoms with Gasteiger partial charge in [0.05, 0.1) is 0 Å². The number of hydrogen-bond donors (Lipinski definition) is 1. The first-order chi connectivity index (χ1) is 20.6. The van der Waals surface area contributed by atoms with Gasteiger partial charge >= 0.3 is 11.9 Å². The maximum atomic E-state index is 12.5. The van der Waals surface area contributed by atoms with Crippen LogP contribution in [0.4, 0.5) is 0 Å². The Morgan fingerprint density at radius 2 is 1.60 bits per heavy atom. The molecule has 0 saturated carbocycles. The maximum absolute atomic E-state index is 12.5. The highest BCUT2D eigenvalue weighted by Gasteiger charge is 2.30. The molecule has 0 spiro atoms. The van der Waals surface area contributed by atoms with Gasteiger partial charge in [-0.05, 0) is 86.3 Å². The minimum atomic E-state index is -0.405. The van der Waals surface area contributed by atoms with Gasteiger partial charge in [-0.15, -0.1) is 0 Å². The van der Waals surface area contributed by atoms with Crippen LogP contribution in [0.15, 0.2) is 54.1 Å². The smallest absolute Gasteiger partial charge is 0.334 e. The number of cyclic esters (lactones) is 1. The quantitative estimate of drug-likeness (QED) is 0.173. The molecule has 2 aromatic carbocycles. The first-order valence-electron chi connectivity index (χ1n) is 15.5. The maximum Gasteiger partial charge on any atom is 0.334 e. The number of carbonyl (C=O) groups is 2. The van der Waals surface area contributed by atoms with Crippen LogP contribution in [-0.4, -0.2) is 43.0 Å². The number of aliphatic hydroxyl groups is 1. The van der Waals surface area contributed by atoms with Gasteiger partial charge in [-0.2, -0.15) is 0 Å². The van der Waals surface area contributed by atoms with E-state index in [4.69, 9.17) is 19.3 Å². The molecule has 6 heteroatoms. The SMILES string of the molecule is CO.Cc1ccc(C#Cc2ccc3c(c2)CC(CCC(=O)OCC2C/C(=C\CC(CC(C)C)CC(C)C)C(=O)O2)O3)cc1. The van der Waals surface area contributed by atoms with Crippen LogP contribution in [0.1, 0.15) is 88.5 Å². The van der Waals surface area contributed by atoms with E-state index in [1.165, 1.54) is 5.56 Å². The van der Waals surface area contributed by atoms with Gasteiger partial charge in [-0.25, -0.2) is 4.79 Å². The molecule has 0 radical (unpaired) electrons. The molecule has 0 aromatic heterocycles. The van der Waals surface area contributed by atoms with E-state index in [2.05, 4.69) is 64.7 Å². The molecule has 2 aliphatic rings. The Labute approximate surface area is 257 Å². The number of aryl methyl sites for hydroxylation is 1. The van der Waals surface area contributed by atoms with E-state index in [0.717, 1.165) is 55.2 Å². The zero-order chi connectivity index (χ0) is 31.4. The second-order valence-corrected chi connectivity index (χ2v) is 12.4. The molecule has 0 bridgehead atoms. The Morgan fingerprint density at radius 1 is 0.953 bits per heavy atom. The minimum Gasteiger partial charge on any atom is -0.490 e. The molecule has 2 atom stereocenters. The average Bonchev–Trinajstić information content (AvgIpc) is 3.55. The summed E-state index contributed by atoms with van der Waals surface area (Å²) in [7, 11) is 1.00. The summed E-state index contributed by atoms with van der Waals surface area (Å²) in [5.41, 5.74) is 4.97. The predicted molar refractivity (Wildman–Crippen MR) is 170 cm³/mol. The van der Waals surface area contributed by atoms with Crippen molar-refractivity contribution >= 4 is 11.9 Å². The van der Waals surface area contributed by atoms with Crippen LogP contribution in [0.5, 0.6) is 5.75 Å². The number of aliphatic hydroxyl groups excluding tert-OH is 1. The first-order valence-corrected chi connectivity index (χ1v) is 15.5. The van der Waals surface area contributed by atoms with Crippen molar-refractivity contribution in [2.24, 2.45) is 17.8 Å². The molecule has 6 nitrogen and oxygen atoms in total. The standard InChI is InChI=1S/C36H44O5.CH4O/c1-24(2)18-29(19-25(3)4)12-14-30-21-33(41-36(30)38)23-39-35(37)17-15-32-22-31-20-28(13-16-34(31)40-32)11-10-27-8-6-26(5)7-9-27;1-2/h6-9,13-14,16,20,24-25,29,32-33H,12,15,17-19,21-23H2,1-5H3;2H,1H3/b30-14+;. The molecular formula is C37H48O6. The summed E-state index contributed by atoms with van der Waals surface area (Å²) in [6.07, 6.45) is 6.83. The van der Waals surface area contributed by atoms with E-state index in [9.17, 15) is 9.59 Å². The number of hydrogen-bond acceptors (Lipinski definition) is 6. The molecular weight excluding hydrogens is 540 g/mol. The van der Waals surface area contributed by atoms with E-state index < -0.39 is 6.10 Å². The summed E-state index contributed by atoms with van der Waals surface area (Å²) in [6, 6.07) is 14.2. The van der Waals surface area contributed by atoms with Crippen molar-refractivity contribution < 1.29 is 28.9 Å². The molecule has 1 N–H and O–H groups in total. The Hall–Kier alpha value is -3.56. The highest BCUT2D eigenvalue weighted by atomic mass is 16.6. The summed E-state index contributed by atoms with van der Waals surface area (Å²) >= 11 is 0. The number of allylic oxidation sites excluding steroid dienone is 1. The molecule has 2 heterocycles. The lowest BCUT2D eigenvalue weighted by Gasteiger charge is -2.19. The van der Waals surface area contributed by atoms with Crippen LogP contribution in [0.25, 0.3) is 0 Å². The third-order valence-electron chi connectivity index (χ3n) is 7.60. The number of carbonyl (C=O) groups excluding carboxylic acids is 2. The van der Waals surface area contributed by atoms with Gasteiger partial charge in [0.15, 0.2) is 0 Å². The molecule has 4 rings (SSSR count). The lowest BCUT2D eigenvalue weighted by molar-refractivity contribution is -0.152. The van der Waals surface area contributed by atoms with Crippen molar-refractivity contribution in [3.63, 3.8) is 0 Å². The molecule has 2 aliphatic heterocycles. The largest absolute Gasteiger partial charge is 0.490 e. The predicted octanol–water partition coefficient (Wildman–Crippen LogP) is 6.97. The molecule has 0 aliphatic carbocycles. The lowest BCUT2D eigenvalue weighted by atomic mass is 9.86. The Bertz CT molecular complexity index is 1280. The average molecular weight is 589 g/mol. The fourth-order valence-electron chi connectivity index (χ4n) is 5.67. The van der Waals surface area contributed by atoms with Gasteiger partial charge in [0.2, 0.25) is 0 Å². The second-order valence-electron chi connectivity index (χ2n) is 12.4. The zero-order valence-corrected chi connectivity index (χ0v) is 26.7. The third kappa shape index (κ3) is 11.2. The van der Waals surface area contributed by atoms with Crippen LogP contribution < -0.4 is 4.74 Å². The van der Waals surface area contributed by atoms with Crippen LogP contribution in [-0.2, 0) is 25.5 Å². The first kappa shape index (κ1) is 33.9. The molecule has 1 fully saturated rings. The highest BCUT2D eigenvalue weighted by Crippen LogP contribution is 2.31. The summed E-state index contributed by atoms with van der Waals surface area (Å²) in [5, 5.41) is 7.00. The number of benzene rings is 2. The van der Waals surface area contributed by atoms with Crippen LogP contribution in [0.2, 0.25) is 0 Å². The molecule has 1 saturated heterocycles.